The van der Waals surface area contributed by atoms with Gasteiger partial charge in [-0.3, -0.25) is 4.79 Å². The van der Waals surface area contributed by atoms with Crippen molar-refractivity contribution in [3.63, 3.8) is 0 Å². The van der Waals surface area contributed by atoms with Crippen LogP contribution in [0.2, 0.25) is 0 Å². The predicted octanol–water partition coefficient (Wildman–Crippen LogP) is 3.80. The number of carbonyl (C=O) groups excluding carboxylic acids is 1. The number of rotatable bonds is 9. The van der Waals surface area contributed by atoms with E-state index in [4.69, 9.17) is 4.74 Å². The fourth-order valence-electron chi connectivity index (χ4n) is 2.64. The SMILES string of the molecule is CCOc1ccc2nc(SCC(=O)NCCCc3ccccc3)[nH]c2c1. The van der Waals surface area contributed by atoms with Gasteiger partial charge in [-0.05, 0) is 37.5 Å². The zero-order valence-corrected chi connectivity index (χ0v) is 15.6. The van der Waals surface area contributed by atoms with Crippen molar-refractivity contribution < 1.29 is 9.53 Å². The summed E-state index contributed by atoms with van der Waals surface area (Å²) in [7, 11) is 0. The minimum atomic E-state index is 0.0264. The van der Waals surface area contributed by atoms with Crippen LogP contribution in [0.15, 0.2) is 53.7 Å². The van der Waals surface area contributed by atoms with Gasteiger partial charge in [0.25, 0.3) is 0 Å². The second-order valence-corrected chi connectivity index (χ2v) is 6.85. The monoisotopic (exact) mass is 369 g/mol. The van der Waals surface area contributed by atoms with Crippen LogP contribution >= 0.6 is 11.8 Å². The average Bonchev–Trinajstić information content (AvgIpc) is 3.07. The average molecular weight is 369 g/mol. The predicted molar refractivity (Wildman–Crippen MR) is 106 cm³/mol. The van der Waals surface area contributed by atoms with E-state index in [0.29, 0.717) is 18.9 Å². The van der Waals surface area contributed by atoms with Crippen LogP contribution < -0.4 is 10.1 Å². The van der Waals surface area contributed by atoms with E-state index >= 15 is 0 Å². The van der Waals surface area contributed by atoms with Crippen molar-refractivity contribution in [1.29, 1.82) is 0 Å². The van der Waals surface area contributed by atoms with Crippen LogP contribution in [0.1, 0.15) is 18.9 Å². The standard InChI is InChI=1S/C20H23N3O2S/c1-2-25-16-10-11-17-18(13-16)23-20(22-17)26-14-19(24)21-12-6-9-15-7-4-3-5-8-15/h3-5,7-8,10-11,13H,2,6,9,12,14H2,1H3,(H,21,24)(H,22,23). The van der Waals surface area contributed by atoms with Gasteiger partial charge in [0.15, 0.2) is 5.16 Å². The smallest absolute Gasteiger partial charge is 0.230 e. The Morgan fingerprint density at radius 2 is 2.08 bits per heavy atom. The molecule has 1 aromatic heterocycles. The molecule has 0 radical (unpaired) electrons. The number of aromatic nitrogens is 2. The summed E-state index contributed by atoms with van der Waals surface area (Å²) in [4.78, 5) is 19.7. The maximum Gasteiger partial charge on any atom is 0.230 e. The first kappa shape index (κ1) is 18.3. The second kappa shape index (κ2) is 9.29. The van der Waals surface area contributed by atoms with E-state index in [1.165, 1.54) is 17.3 Å². The van der Waals surface area contributed by atoms with Crippen LogP contribution in [0, 0.1) is 0 Å². The fourth-order valence-corrected chi connectivity index (χ4v) is 3.35. The maximum atomic E-state index is 12.0. The Morgan fingerprint density at radius 1 is 1.23 bits per heavy atom. The van der Waals surface area contributed by atoms with Crippen molar-refractivity contribution in [1.82, 2.24) is 15.3 Å². The van der Waals surface area contributed by atoms with E-state index in [1.807, 2.05) is 43.3 Å². The van der Waals surface area contributed by atoms with Gasteiger partial charge in [0.1, 0.15) is 5.75 Å². The number of carbonyl (C=O) groups is 1. The molecule has 0 unspecified atom stereocenters. The molecule has 1 amide bonds. The number of imidazole rings is 1. The summed E-state index contributed by atoms with van der Waals surface area (Å²) in [5.41, 5.74) is 3.09. The molecule has 2 N–H and O–H groups in total. The van der Waals surface area contributed by atoms with Gasteiger partial charge < -0.3 is 15.0 Å². The number of hydrogen-bond donors (Lipinski definition) is 2. The number of aromatic amines is 1. The van der Waals surface area contributed by atoms with E-state index in [0.717, 1.165) is 34.8 Å². The summed E-state index contributed by atoms with van der Waals surface area (Å²) in [6.07, 6.45) is 1.91. The van der Waals surface area contributed by atoms with E-state index in [9.17, 15) is 4.79 Å². The first-order valence-corrected chi connectivity index (χ1v) is 9.79. The summed E-state index contributed by atoms with van der Waals surface area (Å²) >= 11 is 1.41. The molecule has 0 fully saturated rings. The number of H-pyrrole nitrogens is 1. The van der Waals surface area contributed by atoms with E-state index < -0.39 is 0 Å². The second-order valence-electron chi connectivity index (χ2n) is 5.88. The number of amides is 1. The number of hydrogen-bond acceptors (Lipinski definition) is 4. The third-order valence-electron chi connectivity index (χ3n) is 3.89. The molecule has 3 aromatic rings. The van der Waals surface area contributed by atoms with E-state index in [2.05, 4.69) is 27.4 Å². The molecule has 0 saturated heterocycles. The Balaban J connectivity index is 1.41. The lowest BCUT2D eigenvalue weighted by molar-refractivity contribution is -0.118. The largest absolute Gasteiger partial charge is 0.494 e. The molecule has 3 rings (SSSR count). The van der Waals surface area contributed by atoms with E-state index in [1.54, 1.807) is 0 Å². The Morgan fingerprint density at radius 3 is 2.88 bits per heavy atom. The number of aryl methyl sites for hydroxylation is 1. The normalized spacial score (nSPS) is 10.8. The van der Waals surface area contributed by atoms with Crippen LogP contribution in [0.5, 0.6) is 5.75 Å². The first-order chi connectivity index (χ1) is 12.7. The molecule has 0 spiro atoms. The Labute approximate surface area is 157 Å². The Bertz CT molecular complexity index is 849. The molecule has 0 aliphatic rings. The lowest BCUT2D eigenvalue weighted by atomic mass is 10.1. The molecule has 6 heteroatoms. The van der Waals surface area contributed by atoms with Gasteiger partial charge >= 0.3 is 0 Å². The minimum absolute atomic E-state index is 0.0264. The van der Waals surface area contributed by atoms with Gasteiger partial charge in [0.2, 0.25) is 5.91 Å². The Hall–Kier alpha value is -2.47. The molecular formula is C20H23N3O2S. The molecule has 0 aliphatic carbocycles. The van der Waals surface area contributed by atoms with Crippen molar-refractivity contribution in [3.05, 3.63) is 54.1 Å². The summed E-state index contributed by atoms with van der Waals surface area (Å²) in [6.45, 7) is 3.27. The number of fused-ring (bicyclic) bond motifs is 1. The highest BCUT2D eigenvalue weighted by atomic mass is 32.2. The maximum absolute atomic E-state index is 12.0. The molecule has 136 valence electrons. The van der Waals surface area contributed by atoms with Crippen LogP contribution in [-0.2, 0) is 11.2 Å². The summed E-state index contributed by atoms with van der Waals surface area (Å²) in [6, 6.07) is 16.1. The molecular weight excluding hydrogens is 346 g/mol. The van der Waals surface area contributed by atoms with Crippen molar-refractivity contribution in [2.24, 2.45) is 0 Å². The lowest BCUT2D eigenvalue weighted by Gasteiger charge is -2.04. The fraction of sp³-hybridized carbons (Fsp3) is 0.300. The third kappa shape index (κ3) is 5.26. The lowest BCUT2D eigenvalue weighted by Crippen LogP contribution is -2.26. The van der Waals surface area contributed by atoms with Gasteiger partial charge in [0.05, 0.1) is 23.4 Å². The first-order valence-electron chi connectivity index (χ1n) is 8.80. The van der Waals surface area contributed by atoms with E-state index in [-0.39, 0.29) is 5.91 Å². The summed E-state index contributed by atoms with van der Waals surface area (Å²) < 4.78 is 5.49. The van der Waals surface area contributed by atoms with Crippen LogP contribution in [0.4, 0.5) is 0 Å². The number of nitrogens with zero attached hydrogens (tertiary/aromatic N) is 1. The summed E-state index contributed by atoms with van der Waals surface area (Å²) in [5, 5.41) is 3.70. The molecule has 0 aliphatic heterocycles. The zero-order valence-electron chi connectivity index (χ0n) is 14.8. The molecule has 5 nitrogen and oxygen atoms in total. The number of nitrogens with one attached hydrogen (secondary N) is 2. The van der Waals surface area contributed by atoms with Crippen molar-refractivity contribution in [2.75, 3.05) is 18.9 Å². The van der Waals surface area contributed by atoms with Gasteiger partial charge in [0, 0.05) is 12.6 Å². The molecule has 26 heavy (non-hydrogen) atoms. The highest BCUT2D eigenvalue weighted by Crippen LogP contribution is 2.23. The van der Waals surface area contributed by atoms with Gasteiger partial charge in [-0.15, -0.1) is 0 Å². The Kier molecular flexibility index (Phi) is 6.55. The molecule has 0 atom stereocenters. The zero-order chi connectivity index (χ0) is 18.2. The summed E-state index contributed by atoms with van der Waals surface area (Å²) in [5.74, 6) is 1.19. The quantitative estimate of drug-likeness (QED) is 0.445. The number of ether oxygens (including phenoxy) is 1. The minimum Gasteiger partial charge on any atom is -0.494 e. The number of benzene rings is 2. The van der Waals surface area contributed by atoms with Gasteiger partial charge in [-0.25, -0.2) is 4.98 Å². The molecule has 2 aromatic carbocycles. The van der Waals surface area contributed by atoms with Crippen LogP contribution in [0.3, 0.4) is 0 Å². The highest BCUT2D eigenvalue weighted by Gasteiger charge is 2.08. The molecule has 0 bridgehead atoms. The molecule has 0 saturated carbocycles. The van der Waals surface area contributed by atoms with Crippen LogP contribution in [-0.4, -0.2) is 34.8 Å². The van der Waals surface area contributed by atoms with Crippen molar-refractivity contribution in [3.8, 4) is 5.75 Å². The van der Waals surface area contributed by atoms with Gasteiger partial charge in [-0.2, -0.15) is 0 Å². The van der Waals surface area contributed by atoms with Gasteiger partial charge in [-0.1, -0.05) is 42.1 Å². The van der Waals surface area contributed by atoms with Crippen LogP contribution in [0.25, 0.3) is 11.0 Å². The van der Waals surface area contributed by atoms with Crippen molar-refractivity contribution >= 4 is 28.7 Å². The third-order valence-corrected chi connectivity index (χ3v) is 4.76. The van der Waals surface area contributed by atoms with Crippen molar-refractivity contribution in [2.45, 2.75) is 24.9 Å². The highest BCUT2D eigenvalue weighted by molar-refractivity contribution is 7.99. The number of thioether (sulfide) groups is 1. The molecule has 1 heterocycles. The topological polar surface area (TPSA) is 67.0 Å².